The van der Waals surface area contributed by atoms with Crippen molar-refractivity contribution in [1.82, 2.24) is 14.8 Å². The Morgan fingerprint density at radius 2 is 1.89 bits per heavy atom. The minimum atomic E-state index is -0.636. The maximum atomic E-state index is 13.4. The fourth-order valence-electron chi connectivity index (χ4n) is 1.62. The van der Waals surface area contributed by atoms with E-state index in [2.05, 4.69) is 10.2 Å². The molecule has 0 aliphatic rings. The van der Waals surface area contributed by atoms with Gasteiger partial charge >= 0.3 is 0 Å². The highest BCUT2D eigenvalue weighted by Crippen LogP contribution is 2.28. The summed E-state index contributed by atoms with van der Waals surface area (Å²) in [6.45, 7) is 3.96. The molecule has 2 rings (SSSR count). The van der Waals surface area contributed by atoms with Crippen molar-refractivity contribution in [3.63, 3.8) is 0 Å². The monoisotopic (exact) mass is 305 g/mol. The van der Waals surface area contributed by atoms with Crippen molar-refractivity contribution in [2.24, 2.45) is 0 Å². The Morgan fingerprint density at radius 1 is 1.33 bits per heavy atom. The molecule has 0 radical (unpaired) electrons. The second kappa shape index (κ2) is 4.99. The first kappa shape index (κ1) is 13.5. The molecule has 1 heterocycles. The number of aromatic amines is 1. The lowest BCUT2D eigenvalue weighted by atomic mass is 10.2. The third-order valence-electron chi connectivity index (χ3n) is 2.44. The molecule has 0 fully saturated rings. The predicted octanol–water partition coefficient (Wildman–Crippen LogP) is 4.50. The van der Waals surface area contributed by atoms with Crippen LogP contribution >= 0.6 is 35.4 Å². The molecule has 1 N–H and O–H groups in total. The molecule has 0 spiro atoms. The van der Waals surface area contributed by atoms with E-state index in [-0.39, 0.29) is 16.0 Å². The van der Waals surface area contributed by atoms with Gasteiger partial charge in [0.15, 0.2) is 10.6 Å². The van der Waals surface area contributed by atoms with E-state index in [1.54, 1.807) is 4.57 Å². The van der Waals surface area contributed by atoms with Gasteiger partial charge in [0.25, 0.3) is 0 Å². The molecule has 0 aliphatic carbocycles. The first-order valence-corrected chi connectivity index (χ1v) is 6.40. The van der Waals surface area contributed by atoms with Crippen LogP contribution in [0.3, 0.4) is 0 Å². The van der Waals surface area contributed by atoms with E-state index in [9.17, 15) is 4.39 Å². The number of rotatable bonds is 2. The third kappa shape index (κ3) is 2.30. The minimum Gasteiger partial charge on any atom is -0.272 e. The summed E-state index contributed by atoms with van der Waals surface area (Å²) in [5.41, 5.74) is 0.592. The van der Waals surface area contributed by atoms with E-state index in [0.717, 1.165) is 5.82 Å². The zero-order valence-corrected chi connectivity index (χ0v) is 12.0. The Balaban J connectivity index is 2.70. The Morgan fingerprint density at radius 3 is 2.39 bits per heavy atom. The van der Waals surface area contributed by atoms with Crippen molar-refractivity contribution in [1.29, 1.82) is 0 Å². The highest BCUT2D eigenvalue weighted by atomic mass is 35.5. The molecule has 0 saturated carbocycles. The zero-order chi connectivity index (χ0) is 13.4. The summed E-state index contributed by atoms with van der Waals surface area (Å²) in [6, 6.07) is 2.94. The van der Waals surface area contributed by atoms with Crippen molar-refractivity contribution < 1.29 is 4.39 Å². The summed E-state index contributed by atoms with van der Waals surface area (Å²) in [5, 5.41) is 6.75. The van der Waals surface area contributed by atoms with Crippen LogP contribution < -0.4 is 0 Å². The van der Waals surface area contributed by atoms with E-state index >= 15 is 0 Å². The van der Waals surface area contributed by atoms with Crippen LogP contribution in [-0.2, 0) is 0 Å². The van der Waals surface area contributed by atoms with Gasteiger partial charge in [0.05, 0.1) is 15.7 Å². The van der Waals surface area contributed by atoms with Gasteiger partial charge in [-0.05, 0) is 24.4 Å². The summed E-state index contributed by atoms with van der Waals surface area (Å²) >= 11 is 16.7. The molecule has 96 valence electrons. The van der Waals surface area contributed by atoms with Gasteiger partial charge in [0.2, 0.25) is 0 Å². The molecule has 0 saturated heterocycles. The van der Waals surface area contributed by atoms with Crippen LogP contribution in [0.15, 0.2) is 12.1 Å². The number of hydrogen-bond acceptors (Lipinski definition) is 2. The second-order valence-corrected chi connectivity index (χ2v) is 5.30. The smallest absolute Gasteiger partial charge is 0.199 e. The molecule has 1 aromatic carbocycles. The number of halogens is 3. The van der Waals surface area contributed by atoms with Crippen LogP contribution in [0.1, 0.15) is 25.6 Å². The number of aromatic nitrogens is 3. The average Bonchev–Trinajstić information content (AvgIpc) is 2.67. The van der Waals surface area contributed by atoms with E-state index in [1.165, 1.54) is 12.1 Å². The predicted molar refractivity (Wildman–Crippen MR) is 72.8 cm³/mol. The Kier molecular flexibility index (Phi) is 3.75. The molecule has 0 atom stereocenters. The first-order valence-electron chi connectivity index (χ1n) is 5.24. The molecule has 7 heteroatoms. The highest BCUT2D eigenvalue weighted by molar-refractivity contribution is 7.71. The molecule has 18 heavy (non-hydrogen) atoms. The Bertz CT molecular complexity index is 625. The lowest BCUT2D eigenvalue weighted by Crippen LogP contribution is -2.03. The highest BCUT2D eigenvalue weighted by Gasteiger charge is 2.15. The summed E-state index contributed by atoms with van der Waals surface area (Å²) in [7, 11) is 0. The van der Waals surface area contributed by atoms with E-state index in [0.29, 0.717) is 10.5 Å². The van der Waals surface area contributed by atoms with Gasteiger partial charge in [0.1, 0.15) is 5.82 Å². The SMILES string of the molecule is CC(C)c1n[nH]c(=S)n1-c1cc(Cl)c(F)c(Cl)c1. The number of nitrogens with zero attached hydrogens (tertiary/aromatic N) is 2. The van der Waals surface area contributed by atoms with Crippen molar-refractivity contribution in [3.8, 4) is 5.69 Å². The van der Waals surface area contributed by atoms with Crippen LogP contribution in [-0.4, -0.2) is 14.8 Å². The van der Waals surface area contributed by atoms with E-state index < -0.39 is 5.82 Å². The Labute approximate surface area is 119 Å². The van der Waals surface area contributed by atoms with E-state index in [1.807, 2.05) is 13.8 Å². The fraction of sp³-hybridized carbons (Fsp3) is 0.273. The van der Waals surface area contributed by atoms with Gasteiger partial charge in [-0.3, -0.25) is 9.67 Å². The molecule has 0 aliphatic heterocycles. The normalized spacial score (nSPS) is 11.2. The van der Waals surface area contributed by atoms with E-state index in [4.69, 9.17) is 35.4 Å². The third-order valence-corrected chi connectivity index (χ3v) is 3.27. The van der Waals surface area contributed by atoms with Gasteiger partial charge in [-0.1, -0.05) is 37.0 Å². The van der Waals surface area contributed by atoms with Crippen molar-refractivity contribution >= 4 is 35.4 Å². The molecule has 1 aromatic heterocycles. The van der Waals surface area contributed by atoms with Crippen LogP contribution in [0.25, 0.3) is 5.69 Å². The molecular formula is C11H10Cl2FN3S. The van der Waals surface area contributed by atoms with Gasteiger partial charge in [-0.15, -0.1) is 0 Å². The quantitative estimate of drug-likeness (QED) is 0.654. The van der Waals surface area contributed by atoms with Gasteiger partial charge in [0, 0.05) is 5.92 Å². The summed E-state index contributed by atoms with van der Waals surface area (Å²) in [4.78, 5) is 0. The number of nitrogens with one attached hydrogen (secondary N) is 1. The molecular weight excluding hydrogens is 296 g/mol. The summed E-state index contributed by atoms with van der Waals surface area (Å²) in [5.74, 6) is 0.252. The summed E-state index contributed by atoms with van der Waals surface area (Å²) in [6.07, 6.45) is 0. The van der Waals surface area contributed by atoms with Gasteiger partial charge in [-0.2, -0.15) is 5.10 Å². The van der Waals surface area contributed by atoms with Crippen LogP contribution in [0, 0.1) is 10.6 Å². The fourth-order valence-corrected chi connectivity index (χ4v) is 2.34. The minimum absolute atomic E-state index is 0.0460. The molecule has 0 bridgehead atoms. The van der Waals surface area contributed by atoms with Gasteiger partial charge < -0.3 is 0 Å². The maximum absolute atomic E-state index is 13.4. The van der Waals surface area contributed by atoms with Crippen molar-refractivity contribution in [3.05, 3.63) is 38.6 Å². The second-order valence-electron chi connectivity index (χ2n) is 4.10. The van der Waals surface area contributed by atoms with Crippen LogP contribution in [0.4, 0.5) is 4.39 Å². The molecule has 3 nitrogen and oxygen atoms in total. The number of hydrogen-bond donors (Lipinski definition) is 1. The topological polar surface area (TPSA) is 33.6 Å². The summed E-state index contributed by atoms with van der Waals surface area (Å²) < 4.78 is 15.5. The largest absolute Gasteiger partial charge is 0.272 e. The maximum Gasteiger partial charge on any atom is 0.199 e. The van der Waals surface area contributed by atoms with Gasteiger partial charge in [-0.25, -0.2) is 4.39 Å². The van der Waals surface area contributed by atoms with Crippen LogP contribution in [0.5, 0.6) is 0 Å². The Hall–Kier alpha value is -0.910. The standard InChI is InChI=1S/C11H10Cl2FN3S/c1-5(2)10-15-16-11(18)17(10)6-3-7(12)9(14)8(13)4-6/h3-5H,1-2H3,(H,16,18). The average molecular weight is 306 g/mol. The zero-order valence-electron chi connectivity index (χ0n) is 9.67. The lowest BCUT2D eigenvalue weighted by molar-refractivity contribution is 0.628. The number of benzene rings is 1. The lowest BCUT2D eigenvalue weighted by Gasteiger charge is -2.10. The number of H-pyrrole nitrogens is 1. The molecule has 0 amide bonds. The van der Waals surface area contributed by atoms with Crippen LogP contribution in [0.2, 0.25) is 10.0 Å². The van der Waals surface area contributed by atoms with Crippen molar-refractivity contribution in [2.75, 3.05) is 0 Å². The molecule has 2 aromatic rings. The molecule has 0 unspecified atom stereocenters. The van der Waals surface area contributed by atoms with Crippen molar-refractivity contribution in [2.45, 2.75) is 19.8 Å². The first-order chi connectivity index (χ1) is 8.41.